The van der Waals surface area contributed by atoms with Crippen LogP contribution in [0.5, 0.6) is 0 Å². The lowest BCUT2D eigenvalue weighted by atomic mass is 10.0. The van der Waals surface area contributed by atoms with Gasteiger partial charge in [-0.3, -0.25) is 0 Å². The first-order valence-electron chi connectivity index (χ1n) is 4.75. The van der Waals surface area contributed by atoms with E-state index in [4.69, 9.17) is 9.52 Å². The molecule has 1 unspecified atom stereocenters. The molecule has 3 heteroatoms. The van der Waals surface area contributed by atoms with Crippen molar-refractivity contribution in [2.45, 2.75) is 13.8 Å². The van der Waals surface area contributed by atoms with Gasteiger partial charge in [-0.2, -0.15) is 0 Å². The minimum absolute atomic E-state index is 0.0935. The van der Waals surface area contributed by atoms with E-state index in [1.165, 1.54) is 12.5 Å². The summed E-state index contributed by atoms with van der Waals surface area (Å²) < 4.78 is 4.86. The smallest absolute Gasteiger partial charge is 0.336 e. The number of rotatable bonds is 4. The Balaban J connectivity index is 2.98. The van der Waals surface area contributed by atoms with Gasteiger partial charge < -0.3 is 9.52 Å². The summed E-state index contributed by atoms with van der Waals surface area (Å²) in [6.07, 6.45) is 8.43. The van der Waals surface area contributed by atoms with Gasteiger partial charge in [0.05, 0.1) is 18.1 Å². The highest BCUT2D eigenvalue weighted by Gasteiger charge is 2.11. The van der Waals surface area contributed by atoms with Crippen LogP contribution in [0.25, 0.3) is 5.57 Å². The molecule has 15 heavy (non-hydrogen) atoms. The maximum atomic E-state index is 11.0. The Hall–Kier alpha value is -1.77. The molecule has 0 aliphatic rings. The van der Waals surface area contributed by atoms with Crippen molar-refractivity contribution in [1.82, 2.24) is 0 Å². The summed E-state index contributed by atoms with van der Waals surface area (Å²) in [6.45, 7) is 3.84. The van der Waals surface area contributed by atoms with Gasteiger partial charge in [0, 0.05) is 5.56 Å². The maximum Gasteiger partial charge on any atom is 0.336 e. The van der Waals surface area contributed by atoms with Gasteiger partial charge in [-0.15, -0.1) is 0 Å². The molecule has 0 aliphatic heterocycles. The summed E-state index contributed by atoms with van der Waals surface area (Å²) in [5.41, 5.74) is 0.869. The van der Waals surface area contributed by atoms with Crippen LogP contribution in [0.4, 0.5) is 0 Å². The van der Waals surface area contributed by atoms with Gasteiger partial charge >= 0.3 is 5.97 Å². The van der Waals surface area contributed by atoms with Crippen molar-refractivity contribution in [1.29, 1.82) is 0 Å². The van der Waals surface area contributed by atoms with Crippen molar-refractivity contribution in [3.63, 3.8) is 0 Å². The quantitative estimate of drug-likeness (QED) is 0.608. The zero-order valence-corrected chi connectivity index (χ0v) is 8.81. The van der Waals surface area contributed by atoms with E-state index in [1.54, 1.807) is 12.1 Å². The van der Waals surface area contributed by atoms with Crippen molar-refractivity contribution in [2.75, 3.05) is 0 Å². The fourth-order valence-electron chi connectivity index (χ4n) is 1.33. The summed E-state index contributed by atoms with van der Waals surface area (Å²) >= 11 is 0. The molecule has 0 aliphatic carbocycles. The van der Waals surface area contributed by atoms with E-state index in [9.17, 15) is 4.79 Å². The lowest BCUT2D eigenvalue weighted by Crippen LogP contribution is -2.00. The van der Waals surface area contributed by atoms with Crippen LogP contribution < -0.4 is 0 Å². The molecule has 1 aromatic rings. The highest BCUT2D eigenvalue weighted by atomic mass is 16.4. The van der Waals surface area contributed by atoms with Crippen molar-refractivity contribution in [3.8, 4) is 0 Å². The minimum atomic E-state index is -0.937. The predicted octanol–water partition coefficient (Wildman–Crippen LogP) is 2.96. The van der Waals surface area contributed by atoms with E-state index in [0.717, 1.165) is 0 Å². The average Bonchev–Trinajstić information content (AvgIpc) is 2.66. The van der Waals surface area contributed by atoms with Gasteiger partial charge in [0.25, 0.3) is 0 Å². The number of furan rings is 1. The van der Waals surface area contributed by atoms with E-state index in [-0.39, 0.29) is 11.5 Å². The van der Waals surface area contributed by atoms with Crippen LogP contribution in [0, 0.1) is 5.92 Å². The molecule has 1 N–H and O–H groups in total. The van der Waals surface area contributed by atoms with Crippen LogP contribution in [-0.4, -0.2) is 11.1 Å². The van der Waals surface area contributed by atoms with Crippen molar-refractivity contribution in [3.05, 3.63) is 42.4 Å². The first kappa shape index (κ1) is 11.3. The number of carboxylic acids is 1. The standard InChI is InChI=1S/C12H14O3/c1-3-4-9(2)7-11(12(13)14)10-5-6-15-8-10/h3-9H,1-2H3,(H,13,14)/b4-3-,11-7+. The third-order valence-corrected chi connectivity index (χ3v) is 1.99. The second kappa shape index (κ2) is 5.20. The van der Waals surface area contributed by atoms with Crippen LogP contribution in [-0.2, 0) is 4.79 Å². The van der Waals surface area contributed by atoms with E-state index < -0.39 is 5.97 Å². The lowest BCUT2D eigenvalue weighted by molar-refractivity contribution is -0.130. The van der Waals surface area contributed by atoms with Crippen LogP contribution in [0.1, 0.15) is 19.4 Å². The molecule has 80 valence electrons. The van der Waals surface area contributed by atoms with Crippen LogP contribution in [0.2, 0.25) is 0 Å². The molecule has 0 radical (unpaired) electrons. The van der Waals surface area contributed by atoms with E-state index >= 15 is 0 Å². The first-order valence-corrected chi connectivity index (χ1v) is 4.75. The normalized spacial score (nSPS) is 14.4. The molecule has 1 heterocycles. The summed E-state index contributed by atoms with van der Waals surface area (Å²) in [5.74, 6) is -0.844. The number of allylic oxidation sites excluding steroid dienone is 3. The highest BCUT2D eigenvalue weighted by Crippen LogP contribution is 2.18. The Labute approximate surface area is 88.7 Å². The van der Waals surface area contributed by atoms with Crippen LogP contribution in [0.3, 0.4) is 0 Å². The van der Waals surface area contributed by atoms with Gasteiger partial charge in [0.2, 0.25) is 0 Å². The Morgan fingerprint density at radius 3 is 2.80 bits per heavy atom. The lowest BCUT2D eigenvalue weighted by Gasteiger charge is -2.02. The molecule has 0 amide bonds. The summed E-state index contributed by atoms with van der Waals surface area (Å²) in [7, 11) is 0. The molecule has 3 nitrogen and oxygen atoms in total. The fraction of sp³-hybridized carbons (Fsp3) is 0.250. The molecule has 0 aromatic carbocycles. The van der Waals surface area contributed by atoms with E-state index in [1.807, 2.05) is 26.0 Å². The molecule has 1 aromatic heterocycles. The minimum Gasteiger partial charge on any atom is -0.478 e. The van der Waals surface area contributed by atoms with Gasteiger partial charge in [-0.1, -0.05) is 25.2 Å². The third kappa shape index (κ3) is 3.13. The van der Waals surface area contributed by atoms with Crippen molar-refractivity contribution < 1.29 is 14.3 Å². The summed E-state index contributed by atoms with van der Waals surface area (Å²) in [6, 6.07) is 1.64. The zero-order chi connectivity index (χ0) is 11.3. The van der Waals surface area contributed by atoms with Gasteiger partial charge in [-0.05, 0) is 18.9 Å². The summed E-state index contributed by atoms with van der Waals surface area (Å²) in [4.78, 5) is 11.0. The Kier molecular flexibility index (Phi) is 3.92. The highest BCUT2D eigenvalue weighted by molar-refractivity contribution is 6.15. The van der Waals surface area contributed by atoms with Crippen molar-refractivity contribution in [2.24, 2.45) is 5.92 Å². The molecule has 0 bridgehead atoms. The number of hydrogen-bond donors (Lipinski definition) is 1. The molecule has 1 atom stereocenters. The third-order valence-electron chi connectivity index (χ3n) is 1.99. The predicted molar refractivity (Wildman–Crippen MR) is 58.3 cm³/mol. The van der Waals surface area contributed by atoms with E-state index in [2.05, 4.69) is 0 Å². The van der Waals surface area contributed by atoms with Crippen LogP contribution >= 0.6 is 0 Å². The van der Waals surface area contributed by atoms with Crippen LogP contribution in [0.15, 0.2) is 41.2 Å². The number of hydrogen-bond acceptors (Lipinski definition) is 2. The molecular weight excluding hydrogens is 192 g/mol. The zero-order valence-electron chi connectivity index (χ0n) is 8.81. The van der Waals surface area contributed by atoms with Gasteiger partial charge in [-0.25, -0.2) is 4.79 Å². The Morgan fingerprint density at radius 1 is 1.60 bits per heavy atom. The SMILES string of the molecule is C/C=C\C(C)/C=C(/C(=O)O)c1ccoc1. The molecule has 0 saturated heterocycles. The van der Waals surface area contributed by atoms with Gasteiger partial charge in [0.1, 0.15) is 0 Å². The average molecular weight is 206 g/mol. The number of carboxylic acid groups (broad SMARTS) is 1. The second-order valence-corrected chi connectivity index (χ2v) is 3.28. The van der Waals surface area contributed by atoms with E-state index in [0.29, 0.717) is 5.56 Å². The maximum absolute atomic E-state index is 11.0. The molecular formula is C12H14O3. The number of carbonyl (C=O) groups is 1. The van der Waals surface area contributed by atoms with Crippen molar-refractivity contribution >= 4 is 11.5 Å². The summed E-state index contributed by atoms with van der Waals surface area (Å²) in [5, 5.41) is 9.03. The topological polar surface area (TPSA) is 50.4 Å². The first-order chi connectivity index (χ1) is 7.15. The fourth-order valence-corrected chi connectivity index (χ4v) is 1.33. The Bertz CT molecular complexity index is 372. The number of aliphatic carboxylic acids is 1. The molecule has 0 saturated carbocycles. The largest absolute Gasteiger partial charge is 0.478 e. The monoisotopic (exact) mass is 206 g/mol. The van der Waals surface area contributed by atoms with Gasteiger partial charge in [0.15, 0.2) is 0 Å². The Morgan fingerprint density at radius 2 is 2.33 bits per heavy atom. The molecule has 0 fully saturated rings. The molecule has 0 spiro atoms. The second-order valence-electron chi connectivity index (χ2n) is 3.28. The molecule has 1 rings (SSSR count).